The SMILES string of the molecule is CC1(c2ccccc2)CNC2CCCC2CO1. The standard InChI is InChI=1S/C15H21NO/c1-15(13-7-3-2-4-8-13)11-16-14-9-5-6-12(14)10-17-15/h2-4,7-8,12,14,16H,5-6,9-11H2,1H3. The summed E-state index contributed by atoms with van der Waals surface area (Å²) in [5.74, 6) is 0.723. The predicted octanol–water partition coefficient (Wildman–Crippen LogP) is 2.69. The number of nitrogens with one attached hydrogen (secondary N) is 1. The number of hydrogen-bond donors (Lipinski definition) is 1. The van der Waals surface area contributed by atoms with Crippen molar-refractivity contribution in [2.45, 2.75) is 37.8 Å². The Labute approximate surface area is 103 Å². The number of rotatable bonds is 1. The van der Waals surface area contributed by atoms with Crippen molar-refractivity contribution < 1.29 is 4.74 Å². The van der Waals surface area contributed by atoms with Gasteiger partial charge in [0.2, 0.25) is 0 Å². The maximum absolute atomic E-state index is 6.23. The fourth-order valence-corrected chi connectivity index (χ4v) is 3.15. The van der Waals surface area contributed by atoms with Crippen molar-refractivity contribution in [3.63, 3.8) is 0 Å². The Hall–Kier alpha value is -0.860. The van der Waals surface area contributed by atoms with E-state index in [1.807, 2.05) is 0 Å². The highest BCUT2D eigenvalue weighted by molar-refractivity contribution is 5.22. The maximum Gasteiger partial charge on any atom is 0.103 e. The summed E-state index contributed by atoms with van der Waals surface area (Å²) in [6.45, 7) is 4.04. The molecule has 1 aliphatic carbocycles. The molecule has 1 aliphatic heterocycles. The lowest BCUT2D eigenvalue weighted by Gasteiger charge is -2.29. The van der Waals surface area contributed by atoms with Crippen molar-refractivity contribution in [2.75, 3.05) is 13.2 Å². The average Bonchev–Trinajstić information content (AvgIpc) is 2.76. The third-order valence-electron chi connectivity index (χ3n) is 4.36. The van der Waals surface area contributed by atoms with Crippen LogP contribution in [0.2, 0.25) is 0 Å². The number of fused-ring (bicyclic) bond motifs is 1. The van der Waals surface area contributed by atoms with Gasteiger partial charge in [-0.05, 0) is 31.2 Å². The van der Waals surface area contributed by atoms with Crippen LogP contribution in [0.25, 0.3) is 0 Å². The topological polar surface area (TPSA) is 21.3 Å². The molecule has 0 amide bonds. The third-order valence-corrected chi connectivity index (χ3v) is 4.36. The quantitative estimate of drug-likeness (QED) is 0.802. The van der Waals surface area contributed by atoms with Gasteiger partial charge in [-0.3, -0.25) is 0 Å². The van der Waals surface area contributed by atoms with E-state index in [1.165, 1.54) is 24.8 Å². The molecular formula is C15H21NO. The first-order valence-electron chi connectivity index (χ1n) is 6.71. The van der Waals surface area contributed by atoms with Gasteiger partial charge >= 0.3 is 0 Å². The van der Waals surface area contributed by atoms with E-state index in [-0.39, 0.29) is 5.60 Å². The molecule has 3 rings (SSSR count). The van der Waals surface area contributed by atoms with Crippen LogP contribution in [0.15, 0.2) is 30.3 Å². The lowest BCUT2D eigenvalue weighted by Crippen LogP contribution is -2.39. The maximum atomic E-state index is 6.23. The normalized spacial score (nSPS) is 37.5. The minimum Gasteiger partial charge on any atom is -0.369 e. The lowest BCUT2D eigenvalue weighted by molar-refractivity contribution is -0.0353. The summed E-state index contributed by atoms with van der Waals surface area (Å²) in [5, 5.41) is 3.71. The molecule has 1 aromatic rings. The summed E-state index contributed by atoms with van der Waals surface area (Å²) in [6, 6.07) is 11.3. The first-order valence-corrected chi connectivity index (χ1v) is 6.71. The van der Waals surface area contributed by atoms with E-state index in [2.05, 4.69) is 42.6 Å². The van der Waals surface area contributed by atoms with E-state index in [4.69, 9.17) is 4.74 Å². The summed E-state index contributed by atoms with van der Waals surface area (Å²) in [4.78, 5) is 0. The van der Waals surface area contributed by atoms with Gasteiger partial charge in [-0.1, -0.05) is 36.8 Å². The first-order chi connectivity index (χ1) is 8.28. The van der Waals surface area contributed by atoms with Gasteiger partial charge in [0.15, 0.2) is 0 Å². The number of ether oxygens (including phenoxy) is 1. The smallest absolute Gasteiger partial charge is 0.103 e. The molecule has 1 N–H and O–H groups in total. The fourth-order valence-electron chi connectivity index (χ4n) is 3.15. The Kier molecular flexibility index (Phi) is 2.93. The molecule has 2 heteroatoms. The highest BCUT2D eigenvalue weighted by Crippen LogP contribution is 2.34. The zero-order valence-corrected chi connectivity index (χ0v) is 10.5. The number of hydrogen-bond acceptors (Lipinski definition) is 2. The summed E-state index contributed by atoms with van der Waals surface area (Å²) >= 11 is 0. The zero-order chi connectivity index (χ0) is 11.7. The van der Waals surface area contributed by atoms with E-state index in [0.29, 0.717) is 6.04 Å². The van der Waals surface area contributed by atoms with Crippen molar-refractivity contribution in [1.29, 1.82) is 0 Å². The molecule has 0 spiro atoms. The molecule has 92 valence electrons. The largest absolute Gasteiger partial charge is 0.369 e. The van der Waals surface area contributed by atoms with Gasteiger partial charge in [0.25, 0.3) is 0 Å². The van der Waals surface area contributed by atoms with Gasteiger partial charge in [0.05, 0.1) is 6.61 Å². The third kappa shape index (κ3) is 2.12. The number of benzene rings is 1. The summed E-state index contributed by atoms with van der Waals surface area (Å²) < 4.78 is 6.23. The van der Waals surface area contributed by atoms with Gasteiger partial charge in [0.1, 0.15) is 5.60 Å². The van der Waals surface area contributed by atoms with Crippen LogP contribution in [0.1, 0.15) is 31.7 Å². The Morgan fingerprint density at radius 1 is 1.24 bits per heavy atom. The van der Waals surface area contributed by atoms with Crippen LogP contribution >= 0.6 is 0 Å². The van der Waals surface area contributed by atoms with Gasteiger partial charge in [-0.15, -0.1) is 0 Å². The van der Waals surface area contributed by atoms with Crippen LogP contribution in [0.3, 0.4) is 0 Å². The van der Waals surface area contributed by atoms with Gasteiger partial charge in [0, 0.05) is 12.6 Å². The van der Waals surface area contributed by atoms with E-state index in [9.17, 15) is 0 Å². The van der Waals surface area contributed by atoms with Crippen LogP contribution in [0.5, 0.6) is 0 Å². The van der Waals surface area contributed by atoms with Crippen molar-refractivity contribution in [3.8, 4) is 0 Å². The van der Waals surface area contributed by atoms with E-state index >= 15 is 0 Å². The Balaban J connectivity index is 1.80. The Morgan fingerprint density at radius 2 is 2.06 bits per heavy atom. The van der Waals surface area contributed by atoms with E-state index in [0.717, 1.165) is 19.1 Å². The molecule has 17 heavy (non-hydrogen) atoms. The molecule has 2 aliphatic rings. The second kappa shape index (κ2) is 4.43. The predicted molar refractivity (Wildman–Crippen MR) is 68.9 cm³/mol. The molecule has 1 aromatic carbocycles. The molecule has 1 heterocycles. The molecule has 2 nitrogen and oxygen atoms in total. The average molecular weight is 231 g/mol. The first kappa shape index (κ1) is 11.2. The summed E-state index contributed by atoms with van der Waals surface area (Å²) in [6.07, 6.45) is 4.00. The molecule has 1 saturated carbocycles. The van der Waals surface area contributed by atoms with Crippen molar-refractivity contribution in [3.05, 3.63) is 35.9 Å². The molecular weight excluding hydrogens is 210 g/mol. The summed E-state index contributed by atoms with van der Waals surface area (Å²) in [7, 11) is 0. The van der Waals surface area contributed by atoms with Crippen LogP contribution < -0.4 is 5.32 Å². The molecule has 0 radical (unpaired) electrons. The highest BCUT2D eigenvalue weighted by Gasteiger charge is 2.37. The molecule has 2 fully saturated rings. The Morgan fingerprint density at radius 3 is 2.88 bits per heavy atom. The highest BCUT2D eigenvalue weighted by atomic mass is 16.5. The molecule has 3 unspecified atom stereocenters. The molecule has 0 bridgehead atoms. The van der Waals surface area contributed by atoms with Crippen molar-refractivity contribution in [1.82, 2.24) is 5.32 Å². The molecule has 1 saturated heterocycles. The van der Waals surface area contributed by atoms with Crippen molar-refractivity contribution in [2.24, 2.45) is 5.92 Å². The second-order valence-electron chi connectivity index (χ2n) is 5.59. The van der Waals surface area contributed by atoms with Crippen molar-refractivity contribution >= 4 is 0 Å². The van der Waals surface area contributed by atoms with Crippen LogP contribution in [-0.4, -0.2) is 19.2 Å². The molecule has 3 atom stereocenters. The fraction of sp³-hybridized carbons (Fsp3) is 0.600. The monoisotopic (exact) mass is 231 g/mol. The molecule has 0 aromatic heterocycles. The Bertz CT molecular complexity index is 362. The summed E-state index contributed by atoms with van der Waals surface area (Å²) in [5.41, 5.74) is 1.12. The minimum absolute atomic E-state index is 0.161. The second-order valence-corrected chi connectivity index (χ2v) is 5.59. The van der Waals surface area contributed by atoms with Gasteiger partial charge in [-0.25, -0.2) is 0 Å². The van der Waals surface area contributed by atoms with Crippen LogP contribution in [0.4, 0.5) is 0 Å². The van der Waals surface area contributed by atoms with Crippen LogP contribution in [0, 0.1) is 5.92 Å². The van der Waals surface area contributed by atoms with Crippen LogP contribution in [-0.2, 0) is 10.3 Å². The van der Waals surface area contributed by atoms with Gasteiger partial charge in [-0.2, -0.15) is 0 Å². The van der Waals surface area contributed by atoms with E-state index < -0.39 is 0 Å². The lowest BCUT2D eigenvalue weighted by atomic mass is 9.95. The zero-order valence-electron chi connectivity index (χ0n) is 10.5. The minimum atomic E-state index is -0.161. The van der Waals surface area contributed by atoms with E-state index in [1.54, 1.807) is 0 Å². The van der Waals surface area contributed by atoms with Gasteiger partial charge < -0.3 is 10.1 Å².